The Morgan fingerprint density at radius 1 is 0.860 bits per heavy atom. The molecule has 0 aliphatic heterocycles. The molecule has 0 saturated carbocycles. The lowest BCUT2D eigenvalue weighted by Crippen LogP contribution is -2.17. The van der Waals surface area contributed by atoms with Gasteiger partial charge in [-0.3, -0.25) is 4.98 Å². The summed E-state index contributed by atoms with van der Waals surface area (Å²) < 4.78 is 4.97. The molecule has 43 heavy (non-hydrogen) atoms. The van der Waals surface area contributed by atoms with Crippen LogP contribution in [0.15, 0.2) is 96.8 Å². The van der Waals surface area contributed by atoms with E-state index in [9.17, 15) is 5.26 Å². The molecule has 0 unspecified atom stereocenters. The summed E-state index contributed by atoms with van der Waals surface area (Å²) in [5, 5.41) is 11.8. The summed E-state index contributed by atoms with van der Waals surface area (Å²) in [5.41, 5.74) is 6.59. The summed E-state index contributed by atoms with van der Waals surface area (Å²) in [7, 11) is 0. The quantitative estimate of drug-likeness (QED) is 0.148. The van der Waals surface area contributed by atoms with E-state index >= 15 is 0 Å². The highest BCUT2D eigenvalue weighted by Gasteiger charge is 2.41. The van der Waals surface area contributed by atoms with Gasteiger partial charge in [-0.1, -0.05) is 50.2 Å². The van der Waals surface area contributed by atoms with Crippen molar-refractivity contribution < 1.29 is 0 Å². The fraction of sp³-hybridized carbons (Fsp3) is 0.0833. The zero-order chi connectivity index (χ0) is 29.3. The Hall–Kier alpha value is -4.79. The molecule has 0 atom stereocenters. The predicted octanol–water partition coefficient (Wildman–Crippen LogP) is 11.3. The maximum absolute atomic E-state index is 9.26. The van der Waals surface area contributed by atoms with Crippen LogP contribution in [0.2, 0.25) is 0 Å². The van der Waals surface area contributed by atoms with E-state index < -0.39 is 0 Å². The summed E-state index contributed by atoms with van der Waals surface area (Å²) in [4.78, 5) is 12.9. The van der Waals surface area contributed by atoms with Crippen molar-refractivity contribution in [2.24, 2.45) is 0 Å². The van der Waals surface area contributed by atoms with E-state index in [1.165, 1.54) is 45.6 Å². The summed E-state index contributed by atoms with van der Waals surface area (Å²) in [6.07, 6.45) is 3.69. The number of allylic oxidation sites excluding steroid dienone is 1. The van der Waals surface area contributed by atoms with Crippen molar-refractivity contribution in [3.8, 4) is 16.6 Å². The molecular weight excluding hydrogens is 585 g/mol. The Labute approximate surface area is 260 Å². The van der Waals surface area contributed by atoms with Gasteiger partial charge in [0.15, 0.2) is 0 Å². The van der Waals surface area contributed by atoms with Gasteiger partial charge < -0.3 is 4.90 Å². The van der Waals surface area contributed by atoms with Gasteiger partial charge in [0, 0.05) is 52.1 Å². The Morgan fingerprint density at radius 2 is 1.65 bits per heavy atom. The average molecular weight is 607 g/mol. The largest absolute Gasteiger partial charge is 0.309 e. The Kier molecular flexibility index (Phi) is 5.79. The summed E-state index contributed by atoms with van der Waals surface area (Å²) in [5.74, 6) is 0. The van der Waals surface area contributed by atoms with Crippen LogP contribution < -0.4 is 4.90 Å². The second-order valence-corrected chi connectivity index (χ2v) is 14.3. The van der Waals surface area contributed by atoms with Crippen molar-refractivity contribution in [2.75, 3.05) is 4.90 Å². The number of fused-ring (bicyclic) bond motifs is 8. The average Bonchev–Trinajstić information content (AvgIpc) is 3.75. The summed E-state index contributed by atoms with van der Waals surface area (Å²) in [6, 6.07) is 32.2. The lowest BCUT2D eigenvalue weighted by molar-refractivity contribution is 0.666. The van der Waals surface area contributed by atoms with Crippen molar-refractivity contribution in [2.45, 2.75) is 19.3 Å². The third kappa shape index (κ3) is 3.94. The van der Waals surface area contributed by atoms with Crippen molar-refractivity contribution in [1.82, 2.24) is 4.98 Å². The monoisotopic (exact) mass is 606 g/mol. The molecule has 8 rings (SSSR count). The minimum absolute atomic E-state index is 0.106. The SMILES string of the molecule is [C-]#[N+]/C(C#N)=C\c1cc2sc3c(c2s1)C(C)(C)c1cc(N(c2ccccc2)c2ccc4sc5ccccc5c4c2)cnc1-3. The Balaban J connectivity index is 1.28. The number of rotatable bonds is 4. The van der Waals surface area contributed by atoms with Gasteiger partial charge in [0.05, 0.1) is 39.8 Å². The lowest BCUT2D eigenvalue weighted by atomic mass is 9.83. The Bertz CT molecular complexity index is 2340. The van der Waals surface area contributed by atoms with E-state index in [4.69, 9.17) is 11.6 Å². The number of anilines is 3. The second-order valence-electron chi connectivity index (χ2n) is 11.1. The number of pyridine rings is 1. The maximum Gasteiger partial charge on any atom is 0.263 e. The normalized spacial score (nSPS) is 13.6. The predicted molar refractivity (Wildman–Crippen MR) is 183 cm³/mol. The number of para-hydroxylation sites is 1. The number of aromatic nitrogens is 1. The number of nitrogens with zero attached hydrogens (tertiary/aromatic N) is 4. The van der Waals surface area contributed by atoms with Crippen LogP contribution in [0.25, 0.3) is 51.1 Å². The lowest BCUT2D eigenvalue weighted by Gasteiger charge is -2.27. The first kappa shape index (κ1) is 25.9. The second kappa shape index (κ2) is 9.62. The molecule has 0 amide bonds. The van der Waals surface area contributed by atoms with Gasteiger partial charge in [-0.15, -0.1) is 34.0 Å². The highest BCUT2D eigenvalue weighted by molar-refractivity contribution is 7.30. The van der Waals surface area contributed by atoms with Gasteiger partial charge in [0.25, 0.3) is 5.70 Å². The molecule has 4 heterocycles. The Morgan fingerprint density at radius 3 is 2.47 bits per heavy atom. The van der Waals surface area contributed by atoms with Crippen LogP contribution in [0.1, 0.15) is 29.9 Å². The zero-order valence-electron chi connectivity index (χ0n) is 23.3. The van der Waals surface area contributed by atoms with Gasteiger partial charge in [-0.05, 0) is 60.2 Å². The van der Waals surface area contributed by atoms with Gasteiger partial charge in [0.2, 0.25) is 0 Å². The van der Waals surface area contributed by atoms with Crippen LogP contribution in [0.5, 0.6) is 0 Å². The molecule has 1 aliphatic carbocycles. The van der Waals surface area contributed by atoms with Crippen molar-refractivity contribution in [1.29, 1.82) is 5.26 Å². The molecule has 0 bridgehead atoms. The molecular formula is C36H22N4S3. The maximum atomic E-state index is 9.26. The first-order valence-electron chi connectivity index (χ1n) is 13.8. The van der Waals surface area contributed by atoms with Gasteiger partial charge >= 0.3 is 0 Å². The third-order valence-electron chi connectivity index (χ3n) is 8.17. The van der Waals surface area contributed by atoms with Crippen molar-refractivity contribution >= 4 is 86.7 Å². The number of thiophene rings is 3. The first-order chi connectivity index (χ1) is 21.0. The molecule has 0 radical (unpaired) electrons. The van der Waals surface area contributed by atoms with E-state index in [-0.39, 0.29) is 11.1 Å². The summed E-state index contributed by atoms with van der Waals surface area (Å²) >= 11 is 5.23. The standard InChI is InChI=1S/C36H22N4S3/c1-36(2)28-17-24(20-39-33(28)35-32(36)34-31(43-35)18-25(41-34)15-21(19-37)38-3)40(22-9-5-4-6-10-22)23-13-14-30-27(16-23)26-11-7-8-12-29(26)42-30/h4-18,20H,1-2H3/b21-15-. The molecule has 4 nitrogen and oxygen atoms in total. The molecule has 0 saturated heterocycles. The molecule has 7 heteroatoms. The molecule has 0 spiro atoms. The summed E-state index contributed by atoms with van der Waals surface area (Å²) in [6.45, 7) is 11.8. The molecule has 0 N–H and O–H groups in total. The minimum atomic E-state index is -0.258. The van der Waals surface area contributed by atoms with Crippen molar-refractivity contribution in [3.63, 3.8) is 0 Å². The minimum Gasteiger partial charge on any atom is -0.309 e. The van der Waals surface area contributed by atoms with Gasteiger partial charge in [0.1, 0.15) is 0 Å². The van der Waals surface area contributed by atoms with E-state index in [2.05, 4.69) is 102 Å². The fourth-order valence-corrected chi connectivity index (χ4v) is 10.2. The van der Waals surface area contributed by atoms with Crippen LogP contribution in [0, 0.1) is 17.9 Å². The van der Waals surface area contributed by atoms with E-state index in [0.29, 0.717) is 0 Å². The van der Waals surface area contributed by atoms with Crippen molar-refractivity contribution in [3.05, 3.63) is 124 Å². The van der Waals surface area contributed by atoms with Crippen LogP contribution in [0.3, 0.4) is 0 Å². The van der Waals surface area contributed by atoms with E-state index in [1.807, 2.05) is 29.7 Å². The van der Waals surface area contributed by atoms with Crippen LogP contribution in [-0.2, 0) is 5.41 Å². The molecule has 204 valence electrons. The molecule has 7 aromatic rings. The number of benzene rings is 3. The van der Waals surface area contributed by atoms with Crippen LogP contribution >= 0.6 is 34.0 Å². The number of hydrogen-bond acceptors (Lipinski definition) is 6. The van der Waals surface area contributed by atoms with Gasteiger partial charge in [-0.2, -0.15) is 0 Å². The zero-order valence-corrected chi connectivity index (χ0v) is 25.7. The van der Waals surface area contributed by atoms with Crippen LogP contribution in [0.4, 0.5) is 17.1 Å². The molecule has 4 aromatic heterocycles. The molecule has 1 aliphatic rings. The van der Waals surface area contributed by atoms with Crippen LogP contribution in [-0.4, -0.2) is 4.98 Å². The molecule has 3 aromatic carbocycles. The van der Waals surface area contributed by atoms with E-state index in [1.54, 1.807) is 28.7 Å². The smallest absolute Gasteiger partial charge is 0.263 e. The topological polar surface area (TPSA) is 44.3 Å². The van der Waals surface area contributed by atoms with Gasteiger partial charge in [-0.25, -0.2) is 10.1 Å². The third-order valence-corrected chi connectivity index (χ3v) is 11.7. The highest BCUT2D eigenvalue weighted by atomic mass is 32.1. The first-order valence-corrected chi connectivity index (χ1v) is 16.2. The highest BCUT2D eigenvalue weighted by Crippen LogP contribution is 2.57. The van der Waals surface area contributed by atoms with E-state index in [0.717, 1.165) is 27.6 Å². The molecule has 0 fully saturated rings. The fourth-order valence-electron chi connectivity index (χ4n) is 6.18. The number of hydrogen-bond donors (Lipinski definition) is 0. The number of nitriles is 1.